The van der Waals surface area contributed by atoms with E-state index >= 15 is 0 Å². The maximum Gasteiger partial charge on any atom is 0.253 e. The summed E-state index contributed by atoms with van der Waals surface area (Å²) in [6.07, 6.45) is -0.696. The van der Waals surface area contributed by atoms with Gasteiger partial charge in [0.2, 0.25) is 0 Å². The Morgan fingerprint density at radius 2 is 2.25 bits per heavy atom. The van der Waals surface area contributed by atoms with E-state index in [2.05, 4.69) is 9.97 Å². The molecule has 2 aromatic rings. The first kappa shape index (κ1) is 14.1. The predicted molar refractivity (Wildman–Crippen MR) is 75.2 cm³/mol. The molecule has 0 saturated heterocycles. The van der Waals surface area contributed by atoms with Crippen LogP contribution in [-0.2, 0) is 0 Å². The highest BCUT2D eigenvalue weighted by atomic mass is 32.2. The topological polar surface area (TPSA) is 116 Å². The molecule has 0 bridgehead atoms. The number of nitrogen functional groups attached to an aromatic ring is 1. The number of H-pyrrole nitrogens is 1. The molecule has 0 aliphatic heterocycles. The summed E-state index contributed by atoms with van der Waals surface area (Å²) >= 11 is 1.14. The largest absolute Gasteiger partial charge is 0.389 e. The van der Waals surface area contributed by atoms with Gasteiger partial charge >= 0.3 is 0 Å². The van der Waals surface area contributed by atoms with Gasteiger partial charge in [0, 0.05) is 11.0 Å². The Morgan fingerprint density at radius 3 is 2.85 bits per heavy atom. The first-order chi connectivity index (χ1) is 9.49. The van der Waals surface area contributed by atoms with Crippen molar-refractivity contribution < 1.29 is 5.11 Å². The number of rotatable bonds is 3. The molecule has 7 heteroatoms. The number of aliphatic hydroxyl groups is 1. The van der Waals surface area contributed by atoms with E-state index < -0.39 is 6.10 Å². The monoisotopic (exact) mass is 288 g/mol. The quantitative estimate of drug-likeness (QED) is 0.736. The summed E-state index contributed by atoms with van der Waals surface area (Å²) in [5, 5.41) is 19.0. The van der Waals surface area contributed by atoms with Crippen LogP contribution >= 0.6 is 11.8 Å². The van der Waals surface area contributed by atoms with Gasteiger partial charge in [0.15, 0.2) is 5.16 Å². The Bertz CT molecular complexity index is 734. The minimum Gasteiger partial charge on any atom is -0.389 e. The van der Waals surface area contributed by atoms with Crippen molar-refractivity contribution in [3.8, 4) is 6.07 Å². The molecular formula is C13H12N4O2S. The molecule has 1 aromatic carbocycles. The highest BCUT2D eigenvalue weighted by Gasteiger charge is 2.12. The Balaban J connectivity index is 2.46. The van der Waals surface area contributed by atoms with E-state index in [4.69, 9.17) is 11.0 Å². The summed E-state index contributed by atoms with van der Waals surface area (Å²) in [5.74, 6) is 0.117. The SMILES string of the molecule is C[C@H](O)c1ccc(C#N)cc1Sc1nc(N)cc(=O)[nH]1. The summed E-state index contributed by atoms with van der Waals surface area (Å²) < 4.78 is 0. The number of nitrogens with zero attached hydrogens (tertiary/aromatic N) is 2. The summed E-state index contributed by atoms with van der Waals surface area (Å²) in [4.78, 5) is 18.6. The zero-order valence-electron chi connectivity index (χ0n) is 10.6. The van der Waals surface area contributed by atoms with Crippen molar-refractivity contribution >= 4 is 17.6 Å². The van der Waals surface area contributed by atoms with Crippen LogP contribution in [0.4, 0.5) is 5.82 Å². The second-order valence-corrected chi connectivity index (χ2v) is 5.15. The molecule has 0 aliphatic rings. The zero-order valence-corrected chi connectivity index (χ0v) is 11.4. The fourth-order valence-corrected chi connectivity index (χ4v) is 2.70. The smallest absolute Gasteiger partial charge is 0.253 e. The lowest BCUT2D eigenvalue weighted by molar-refractivity contribution is 0.196. The van der Waals surface area contributed by atoms with Crippen LogP contribution in [0.2, 0.25) is 0 Å². The lowest BCUT2D eigenvalue weighted by Crippen LogP contribution is -2.09. The van der Waals surface area contributed by atoms with Crippen LogP contribution in [-0.4, -0.2) is 15.1 Å². The highest BCUT2D eigenvalue weighted by molar-refractivity contribution is 7.99. The van der Waals surface area contributed by atoms with Crippen molar-refractivity contribution in [2.24, 2.45) is 0 Å². The number of hydrogen-bond donors (Lipinski definition) is 3. The summed E-state index contributed by atoms with van der Waals surface area (Å²) in [6, 6.07) is 8.15. The first-order valence-corrected chi connectivity index (χ1v) is 6.58. The van der Waals surface area contributed by atoms with Crippen molar-refractivity contribution in [3.63, 3.8) is 0 Å². The second kappa shape index (κ2) is 5.77. The lowest BCUT2D eigenvalue weighted by atomic mass is 10.1. The molecule has 0 unspecified atom stereocenters. The minimum absolute atomic E-state index is 0.117. The average Bonchev–Trinajstić information content (AvgIpc) is 2.37. The van der Waals surface area contributed by atoms with E-state index in [1.807, 2.05) is 6.07 Å². The Kier molecular flexibility index (Phi) is 4.08. The molecular weight excluding hydrogens is 276 g/mol. The van der Waals surface area contributed by atoms with Gasteiger partial charge in [-0.15, -0.1) is 0 Å². The Morgan fingerprint density at radius 1 is 1.50 bits per heavy atom. The molecule has 102 valence electrons. The average molecular weight is 288 g/mol. The van der Waals surface area contributed by atoms with Crippen LogP contribution in [0.15, 0.2) is 39.1 Å². The van der Waals surface area contributed by atoms with Gasteiger partial charge in [-0.25, -0.2) is 4.98 Å². The van der Waals surface area contributed by atoms with E-state index in [9.17, 15) is 9.90 Å². The van der Waals surface area contributed by atoms with Gasteiger partial charge in [0.05, 0.1) is 17.7 Å². The van der Waals surface area contributed by atoms with Gasteiger partial charge in [-0.1, -0.05) is 17.8 Å². The molecule has 4 N–H and O–H groups in total. The van der Waals surface area contributed by atoms with E-state index in [0.717, 1.165) is 11.8 Å². The van der Waals surface area contributed by atoms with E-state index in [1.54, 1.807) is 25.1 Å². The van der Waals surface area contributed by atoms with Gasteiger partial charge in [0.1, 0.15) is 5.82 Å². The predicted octanol–water partition coefficient (Wildman–Crippen LogP) is 1.43. The van der Waals surface area contributed by atoms with E-state index in [-0.39, 0.29) is 11.4 Å². The lowest BCUT2D eigenvalue weighted by Gasteiger charge is -2.11. The number of aromatic amines is 1. The first-order valence-electron chi connectivity index (χ1n) is 5.76. The number of anilines is 1. The molecule has 6 nitrogen and oxygen atoms in total. The summed E-state index contributed by atoms with van der Waals surface area (Å²) in [5.41, 5.74) is 6.28. The third-order valence-electron chi connectivity index (χ3n) is 2.54. The molecule has 2 rings (SSSR count). The summed E-state index contributed by atoms with van der Waals surface area (Å²) in [7, 11) is 0. The highest BCUT2D eigenvalue weighted by Crippen LogP contribution is 2.32. The van der Waals surface area contributed by atoms with Crippen LogP contribution in [0.5, 0.6) is 0 Å². The molecule has 1 heterocycles. The third-order valence-corrected chi connectivity index (χ3v) is 3.50. The number of benzene rings is 1. The van der Waals surface area contributed by atoms with Crippen LogP contribution in [0.3, 0.4) is 0 Å². The molecule has 20 heavy (non-hydrogen) atoms. The number of aromatic nitrogens is 2. The van der Waals surface area contributed by atoms with Crippen molar-refractivity contribution in [2.75, 3.05) is 5.73 Å². The van der Waals surface area contributed by atoms with Gasteiger partial charge < -0.3 is 15.8 Å². The van der Waals surface area contributed by atoms with Crippen LogP contribution in [0, 0.1) is 11.3 Å². The van der Waals surface area contributed by atoms with Gasteiger partial charge in [-0.2, -0.15) is 5.26 Å². The molecule has 1 aromatic heterocycles. The molecule has 0 fully saturated rings. The number of hydrogen-bond acceptors (Lipinski definition) is 6. The van der Waals surface area contributed by atoms with Crippen LogP contribution in [0.1, 0.15) is 24.2 Å². The van der Waals surface area contributed by atoms with E-state index in [0.29, 0.717) is 21.2 Å². The number of nitrogens with one attached hydrogen (secondary N) is 1. The number of nitriles is 1. The second-order valence-electron chi connectivity index (χ2n) is 4.12. The molecule has 0 radical (unpaired) electrons. The van der Waals surface area contributed by atoms with Gasteiger partial charge in [-0.05, 0) is 24.6 Å². The Labute approximate surface area is 119 Å². The molecule has 0 aliphatic carbocycles. The van der Waals surface area contributed by atoms with E-state index in [1.165, 1.54) is 6.07 Å². The molecule has 1 atom stereocenters. The maximum absolute atomic E-state index is 11.4. The third kappa shape index (κ3) is 3.17. The molecule has 0 spiro atoms. The van der Waals surface area contributed by atoms with Crippen molar-refractivity contribution in [1.29, 1.82) is 5.26 Å². The minimum atomic E-state index is -0.696. The van der Waals surface area contributed by atoms with Crippen molar-refractivity contribution in [2.45, 2.75) is 23.1 Å². The van der Waals surface area contributed by atoms with Crippen molar-refractivity contribution in [3.05, 3.63) is 45.7 Å². The van der Waals surface area contributed by atoms with Crippen molar-refractivity contribution in [1.82, 2.24) is 9.97 Å². The van der Waals surface area contributed by atoms with Gasteiger partial charge in [0.25, 0.3) is 5.56 Å². The maximum atomic E-state index is 11.4. The standard InChI is InChI=1S/C13H12N4O2S/c1-7(18)9-3-2-8(6-14)4-10(9)20-13-16-11(15)5-12(19)17-13/h2-5,7,18H,1H3,(H3,15,16,17,19)/t7-/m0/s1. The normalized spacial score (nSPS) is 11.8. The number of aliphatic hydroxyl groups excluding tert-OH is 1. The van der Waals surface area contributed by atoms with Crippen LogP contribution in [0.25, 0.3) is 0 Å². The summed E-state index contributed by atoms with van der Waals surface area (Å²) in [6.45, 7) is 1.63. The Hall–Kier alpha value is -2.30. The fraction of sp³-hybridized carbons (Fsp3) is 0.154. The van der Waals surface area contributed by atoms with Gasteiger partial charge in [-0.3, -0.25) is 4.79 Å². The number of nitrogens with two attached hydrogens (primary N) is 1. The molecule has 0 amide bonds. The molecule has 0 saturated carbocycles. The zero-order chi connectivity index (χ0) is 14.7. The fourth-order valence-electron chi connectivity index (χ4n) is 1.64. The van der Waals surface area contributed by atoms with Crippen LogP contribution < -0.4 is 11.3 Å².